The van der Waals surface area contributed by atoms with E-state index in [9.17, 15) is 0 Å². The van der Waals surface area contributed by atoms with E-state index in [2.05, 4.69) is 27.4 Å². The fourth-order valence-electron chi connectivity index (χ4n) is 2.05. The first kappa shape index (κ1) is 11.4. The van der Waals surface area contributed by atoms with Crippen molar-refractivity contribution in [3.63, 3.8) is 0 Å². The maximum absolute atomic E-state index is 4.70. The van der Waals surface area contributed by atoms with Gasteiger partial charge in [-0.25, -0.2) is 9.61 Å². The lowest BCUT2D eigenvalue weighted by Gasteiger charge is -2.02. The molecule has 0 unspecified atom stereocenters. The van der Waals surface area contributed by atoms with Gasteiger partial charge in [-0.2, -0.15) is 0 Å². The van der Waals surface area contributed by atoms with Gasteiger partial charge in [-0.05, 0) is 40.6 Å². The maximum atomic E-state index is 4.70. The molecule has 4 aromatic rings. The van der Waals surface area contributed by atoms with Crippen LogP contribution >= 0.6 is 11.8 Å². The number of fused-ring (bicyclic) bond motifs is 2. The van der Waals surface area contributed by atoms with Crippen molar-refractivity contribution in [2.24, 2.45) is 0 Å². The molecule has 0 radical (unpaired) electrons. The molecule has 0 N–H and O–H groups in total. The van der Waals surface area contributed by atoms with Crippen LogP contribution in [0.1, 0.15) is 0 Å². The van der Waals surface area contributed by atoms with Gasteiger partial charge >= 0.3 is 0 Å². The summed E-state index contributed by atoms with van der Waals surface area (Å²) in [6.45, 7) is 0. The standard InChI is InChI=1S/C15H9N3OS/c1-2-4-12-10(3-1)5-8-15(16-12)20-11-6-7-13-14(9-11)18-19-17-13/h1-9H. The molecule has 0 bridgehead atoms. The minimum Gasteiger partial charge on any atom is -0.243 e. The van der Waals surface area contributed by atoms with Gasteiger partial charge in [0.1, 0.15) is 16.1 Å². The Labute approximate surface area is 118 Å². The minimum atomic E-state index is 0.760. The Hall–Kier alpha value is -2.40. The molecule has 4 rings (SSSR count). The molecule has 0 saturated carbocycles. The predicted molar refractivity (Wildman–Crippen MR) is 77.7 cm³/mol. The number of hydrogen-bond donors (Lipinski definition) is 0. The van der Waals surface area contributed by atoms with Gasteiger partial charge in [-0.3, -0.25) is 0 Å². The molecule has 2 aromatic carbocycles. The van der Waals surface area contributed by atoms with E-state index < -0.39 is 0 Å². The molecule has 0 aliphatic carbocycles. The summed E-state index contributed by atoms with van der Waals surface area (Å²) in [6, 6.07) is 18.0. The molecule has 0 aliphatic heterocycles. The van der Waals surface area contributed by atoms with Crippen LogP contribution in [0.15, 0.2) is 69.1 Å². The summed E-state index contributed by atoms with van der Waals surface area (Å²) in [4.78, 5) is 5.71. The molecule has 2 heterocycles. The highest BCUT2D eigenvalue weighted by Crippen LogP contribution is 2.29. The van der Waals surface area contributed by atoms with Crippen molar-refractivity contribution in [3.8, 4) is 0 Å². The fourth-order valence-corrected chi connectivity index (χ4v) is 2.88. The highest BCUT2D eigenvalue weighted by molar-refractivity contribution is 7.99. The third kappa shape index (κ3) is 2.02. The molecule has 0 saturated heterocycles. The number of para-hydroxylation sites is 1. The van der Waals surface area contributed by atoms with E-state index in [4.69, 9.17) is 4.63 Å². The predicted octanol–water partition coefficient (Wildman–Crippen LogP) is 3.92. The van der Waals surface area contributed by atoms with Gasteiger partial charge in [0.25, 0.3) is 0 Å². The topological polar surface area (TPSA) is 51.8 Å². The fraction of sp³-hybridized carbons (Fsp3) is 0. The van der Waals surface area contributed by atoms with Crippen LogP contribution in [-0.4, -0.2) is 15.3 Å². The number of hydrogen-bond acceptors (Lipinski definition) is 5. The summed E-state index contributed by atoms with van der Waals surface area (Å²) in [5.74, 6) is 0. The lowest BCUT2D eigenvalue weighted by Crippen LogP contribution is -1.82. The molecule has 5 heteroatoms. The first-order valence-electron chi connectivity index (χ1n) is 6.14. The number of rotatable bonds is 2. The van der Waals surface area contributed by atoms with E-state index in [-0.39, 0.29) is 0 Å². The summed E-state index contributed by atoms with van der Waals surface area (Å²) in [6.07, 6.45) is 0. The van der Waals surface area contributed by atoms with Gasteiger partial charge < -0.3 is 0 Å². The summed E-state index contributed by atoms with van der Waals surface area (Å²) < 4.78 is 4.70. The van der Waals surface area contributed by atoms with Crippen molar-refractivity contribution in [1.29, 1.82) is 0 Å². The normalized spacial score (nSPS) is 11.2. The highest BCUT2D eigenvalue weighted by Gasteiger charge is 2.04. The van der Waals surface area contributed by atoms with Crippen molar-refractivity contribution in [2.45, 2.75) is 9.92 Å². The second-order valence-electron chi connectivity index (χ2n) is 4.36. The molecule has 0 atom stereocenters. The van der Waals surface area contributed by atoms with Crippen LogP contribution in [0.2, 0.25) is 0 Å². The molecule has 0 fully saturated rings. The summed E-state index contributed by atoms with van der Waals surface area (Å²) >= 11 is 1.60. The van der Waals surface area contributed by atoms with Crippen LogP contribution in [0.5, 0.6) is 0 Å². The summed E-state index contributed by atoms with van der Waals surface area (Å²) in [5, 5.41) is 9.75. The van der Waals surface area contributed by atoms with Gasteiger partial charge in [-0.1, -0.05) is 36.0 Å². The van der Waals surface area contributed by atoms with Crippen molar-refractivity contribution < 1.29 is 4.63 Å². The number of nitrogens with zero attached hydrogens (tertiary/aromatic N) is 3. The van der Waals surface area contributed by atoms with E-state index in [1.807, 2.05) is 42.5 Å². The van der Waals surface area contributed by atoms with Crippen molar-refractivity contribution in [1.82, 2.24) is 15.3 Å². The van der Waals surface area contributed by atoms with Crippen LogP contribution in [0, 0.1) is 0 Å². The molecular weight excluding hydrogens is 270 g/mol. The Morgan fingerprint density at radius 3 is 2.70 bits per heavy atom. The van der Waals surface area contributed by atoms with Gasteiger partial charge in [-0.15, -0.1) is 0 Å². The van der Waals surface area contributed by atoms with E-state index in [0.29, 0.717) is 0 Å². The molecule has 20 heavy (non-hydrogen) atoms. The molecule has 0 spiro atoms. The van der Waals surface area contributed by atoms with Crippen LogP contribution in [0.4, 0.5) is 0 Å². The summed E-state index contributed by atoms with van der Waals surface area (Å²) in [7, 11) is 0. The first-order valence-corrected chi connectivity index (χ1v) is 6.96. The number of benzene rings is 2. The number of pyridine rings is 1. The van der Waals surface area contributed by atoms with E-state index in [1.165, 1.54) is 0 Å². The van der Waals surface area contributed by atoms with E-state index in [0.717, 1.165) is 31.9 Å². The molecule has 0 amide bonds. The Morgan fingerprint density at radius 1 is 0.800 bits per heavy atom. The Bertz CT molecular complexity index is 904. The monoisotopic (exact) mass is 279 g/mol. The van der Waals surface area contributed by atoms with Crippen molar-refractivity contribution in [3.05, 3.63) is 54.6 Å². The molecule has 2 aromatic heterocycles. The third-order valence-corrected chi connectivity index (χ3v) is 3.95. The number of aromatic nitrogens is 3. The van der Waals surface area contributed by atoms with Gasteiger partial charge in [0.2, 0.25) is 0 Å². The van der Waals surface area contributed by atoms with Gasteiger partial charge in [0, 0.05) is 10.3 Å². The Kier molecular flexibility index (Phi) is 2.63. The maximum Gasteiger partial charge on any atom is 0.136 e. The largest absolute Gasteiger partial charge is 0.243 e. The zero-order valence-corrected chi connectivity index (χ0v) is 11.2. The SMILES string of the molecule is c1ccc2nc(Sc3ccc4nonc4c3)ccc2c1. The molecule has 4 nitrogen and oxygen atoms in total. The lowest BCUT2D eigenvalue weighted by atomic mass is 10.2. The van der Waals surface area contributed by atoms with Gasteiger partial charge in [0.15, 0.2) is 0 Å². The Morgan fingerprint density at radius 2 is 1.70 bits per heavy atom. The average molecular weight is 279 g/mol. The summed E-state index contributed by atoms with van der Waals surface area (Å²) in [5.41, 5.74) is 2.53. The van der Waals surface area contributed by atoms with Crippen molar-refractivity contribution >= 4 is 33.7 Å². The zero-order valence-electron chi connectivity index (χ0n) is 10.4. The van der Waals surface area contributed by atoms with Crippen LogP contribution in [-0.2, 0) is 0 Å². The average Bonchev–Trinajstić information content (AvgIpc) is 2.95. The highest BCUT2D eigenvalue weighted by atomic mass is 32.2. The van der Waals surface area contributed by atoms with E-state index >= 15 is 0 Å². The second kappa shape index (κ2) is 4.61. The van der Waals surface area contributed by atoms with Crippen molar-refractivity contribution in [2.75, 3.05) is 0 Å². The second-order valence-corrected chi connectivity index (χ2v) is 5.45. The van der Waals surface area contributed by atoms with Crippen LogP contribution in [0.3, 0.4) is 0 Å². The smallest absolute Gasteiger partial charge is 0.136 e. The minimum absolute atomic E-state index is 0.760. The van der Waals surface area contributed by atoms with Crippen LogP contribution < -0.4 is 0 Å². The first-order chi connectivity index (χ1) is 9.88. The molecule has 96 valence electrons. The quantitative estimate of drug-likeness (QED) is 0.556. The van der Waals surface area contributed by atoms with Gasteiger partial charge in [0.05, 0.1) is 5.52 Å². The Balaban J connectivity index is 1.72. The third-order valence-electron chi connectivity index (χ3n) is 3.02. The zero-order chi connectivity index (χ0) is 13.4. The molecule has 0 aliphatic rings. The molecular formula is C15H9N3OS. The lowest BCUT2D eigenvalue weighted by molar-refractivity contribution is 0.315. The van der Waals surface area contributed by atoms with Crippen LogP contribution in [0.25, 0.3) is 21.9 Å². The van der Waals surface area contributed by atoms with E-state index in [1.54, 1.807) is 11.8 Å².